The lowest BCUT2D eigenvalue weighted by atomic mass is 10.1. The molecule has 2 saturated heterocycles. The van der Waals surface area contributed by atoms with E-state index in [9.17, 15) is 0 Å². The van der Waals surface area contributed by atoms with E-state index in [0.717, 1.165) is 38.6 Å². The van der Waals surface area contributed by atoms with Crippen LogP contribution >= 0.6 is 0 Å². The fourth-order valence-corrected chi connectivity index (χ4v) is 3.74. The largest absolute Gasteiger partial charge is 0.376 e. The summed E-state index contributed by atoms with van der Waals surface area (Å²) in [5.41, 5.74) is 2.70. The molecule has 0 bridgehead atoms. The molecule has 1 aromatic rings. The SMILES string of the molecule is CN=C(NCc1ccc(CN2CCCCCC2)cc1)NCC1CCCO1. The van der Waals surface area contributed by atoms with Crippen LogP contribution in [0.25, 0.3) is 0 Å². The van der Waals surface area contributed by atoms with Crippen LogP contribution < -0.4 is 10.6 Å². The Morgan fingerprint density at radius 1 is 1.04 bits per heavy atom. The normalized spacial score (nSPS) is 22.2. The molecule has 2 fully saturated rings. The zero-order chi connectivity index (χ0) is 18.0. The van der Waals surface area contributed by atoms with Crippen molar-refractivity contribution in [1.29, 1.82) is 0 Å². The first-order chi connectivity index (χ1) is 12.8. The molecule has 26 heavy (non-hydrogen) atoms. The average molecular weight is 359 g/mol. The van der Waals surface area contributed by atoms with E-state index < -0.39 is 0 Å². The minimum atomic E-state index is 0.326. The molecule has 2 aliphatic rings. The molecule has 5 nitrogen and oxygen atoms in total. The number of nitrogens with one attached hydrogen (secondary N) is 2. The topological polar surface area (TPSA) is 48.9 Å². The van der Waals surface area contributed by atoms with Gasteiger partial charge in [-0.25, -0.2) is 0 Å². The summed E-state index contributed by atoms with van der Waals surface area (Å²) in [7, 11) is 1.81. The predicted molar refractivity (Wildman–Crippen MR) is 107 cm³/mol. The highest BCUT2D eigenvalue weighted by molar-refractivity contribution is 5.79. The Morgan fingerprint density at radius 3 is 2.42 bits per heavy atom. The monoisotopic (exact) mass is 358 g/mol. The number of benzene rings is 1. The Hall–Kier alpha value is -1.59. The van der Waals surface area contributed by atoms with Crippen LogP contribution in [0.15, 0.2) is 29.3 Å². The van der Waals surface area contributed by atoms with Gasteiger partial charge in [-0.2, -0.15) is 0 Å². The van der Waals surface area contributed by atoms with Crippen molar-refractivity contribution < 1.29 is 4.74 Å². The maximum Gasteiger partial charge on any atom is 0.191 e. The van der Waals surface area contributed by atoms with Crippen molar-refractivity contribution in [3.8, 4) is 0 Å². The average Bonchev–Trinajstić information content (AvgIpc) is 3.06. The Morgan fingerprint density at radius 2 is 1.77 bits per heavy atom. The summed E-state index contributed by atoms with van der Waals surface area (Å²) in [4.78, 5) is 6.89. The molecule has 0 amide bonds. The molecular formula is C21H34N4O. The second kappa shape index (κ2) is 10.5. The molecule has 144 valence electrons. The van der Waals surface area contributed by atoms with Crippen LogP contribution in [-0.4, -0.2) is 50.3 Å². The highest BCUT2D eigenvalue weighted by Crippen LogP contribution is 2.14. The Bertz CT molecular complexity index is 544. The quantitative estimate of drug-likeness (QED) is 0.606. The molecule has 0 aromatic heterocycles. The summed E-state index contributed by atoms with van der Waals surface area (Å²) >= 11 is 0. The van der Waals surface area contributed by atoms with E-state index >= 15 is 0 Å². The van der Waals surface area contributed by atoms with E-state index in [0.29, 0.717) is 6.10 Å². The molecule has 1 atom stereocenters. The van der Waals surface area contributed by atoms with Gasteiger partial charge in [-0.15, -0.1) is 0 Å². The van der Waals surface area contributed by atoms with E-state index in [1.165, 1.54) is 56.3 Å². The van der Waals surface area contributed by atoms with Crippen molar-refractivity contribution in [1.82, 2.24) is 15.5 Å². The Balaban J connectivity index is 1.41. The molecule has 1 unspecified atom stereocenters. The first-order valence-electron chi connectivity index (χ1n) is 10.2. The minimum Gasteiger partial charge on any atom is -0.376 e. The molecule has 2 aliphatic heterocycles. The van der Waals surface area contributed by atoms with Gasteiger partial charge in [0.15, 0.2) is 5.96 Å². The van der Waals surface area contributed by atoms with E-state index in [1.54, 1.807) is 0 Å². The van der Waals surface area contributed by atoms with E-state index in [1.807, 2.05) is 7.05 Å². The summed E-state index contributed by atoms with van der Waals surface area (Å²) in [5, 5.41) is 6.75. The predicted octanol–water partition coefficient (Wildman–Crippen LogP) is 2.91. The lowest BCUT2D eigenvalue weighted by Gasteiger charge is -2.20. The number of aliphatic imine (C=N–C) groups is 1. The minimum absolute atomic E-state index is 0.326. The van der Waals surface area contributed by atoms with E-state index in [-0.39, 0.29) is 0 Å². The van der Waals surface area contributed by atoms with Gasteiger partial charge in [0.2, 0.25) is 0 Å². The van der Waals surface area contributed by atoms with Crippen LogP contribution in [0.3, 0.4) is 0 Å². The molecule has 2 N–H and O–H groups in total. The third kappa shape index (κ3) is 6.29. The summed E-state index contributed by atoms with van der Waals surface area (Å²) in [5.74, 6) is 0.842. The van der Waals surface area contributed by atoms with Gasteiger partial charge in [-0.1, -0.05) is 37.1 Å². The second-order valence-corrected chi connectivity index (χ2v) is 7.45. The number of rotatable bonds is 6. The van der Waals surface area contributed by atoms with Crippen molar-refractivity contribution in [2.24, 2.45) is 4.99 Å². The number of ether oxygens (including phenoxy) is 1. The molecule has 0 aliphatic carbocycles. The standard InChI is InChI=1S/C21H34N4O/c1-22-21(24-16-20-7-6-14-26-20)23-15-18-8-10-19(11-9-18)17-25-12-4-2-3-5-13-25/h8-11,20H,2-7,12-17H2,1H3,(H2,22,23,24). The van der Waals surface area contributed by atoms with Crippen molar-refractivity contribution in [3.05, 3.63) is 35.4 Å². The number of nitrogens with zero attached hydrogens (tertiary/aromatic N) is 2. The maximum absolute atomic E-state index is 5.64. The molecule has 2 heterocycles. The first kappa shape index (κ1) is 19.2. The molecule has 0 saturated carbocycles. The fourth-order valence-electron chi connectivity index (χ4n) is 3.74. The highest BCUT2D eigenvalue weighted by Gasteiger charge is 2.15. The zero-order valence-corrected chi connectivity index (χ0v) is 16.2. The highest BCUT2D eigenvalue weighted by atomic mass is 16.5. The molecule has 0 radical (unpaired) electrons. The molecular weight excluding hydrogens is 324 g/mol. The van der Waals surface area contributed by atoms with Crippen LogP contribution in [0.2, 0.25) is 0 Å². The molecule has 5 heteroatoms. The van der Waals surface area contributed by atoms with Crippen LogP contribution in [0, 0.1) is 0 Å². The van der Waals surface area contributed by atoms with Crippen molar-refractivity contribution in [2.45, 2.75) is 57.7 Å². The third-order valence-corrected chi connectivity index (χ3v) is 5.33. The summed E-state index contributed by atoms with van der Waals surface area (Å²) in [6, 6.07) is 9.00. The third-order valence-electron chi connectivity index (χ3n) is 5.33. The Kier molecular flexibility index (Phi) is 7.77. The lowest BCUT2D eigenvalue weighted by molar-refractivity contribution is 0.114. The summed E-state index contributed by atoms with van der Waals surface area (Å²) in [6.45, 7) is 6.08. The van der Waals surface area contributed by atoms with E-state index in [2.05, 4.69) is 44.8 Å². The van der Waals surface area contributed by atoms with Crippen molar-refractivity contribution in [3.63, 3.8) is 0 Å². The van der Waals surface area contributed by atoms with Gasteiger partial charge >= 0.3 is 0 Å². The smallest absolute Gasteiger partial charge is 0.191 e. The van der Waals surface area contributed by atoms with Crippen molar-refractivity contribution in [2.75, 3.05) is 33.3 Å². The number of guanidine groups is 1. The van der Waals surface area contributed by atoms with Gasteiger partial charge in [0, 0.05) is 33.3 Å². The first-order valence-corrected chi connectivity index (χ1v) is 10.2. The van der Waals surface area contributed by atoms with Gasteiger partial charge in [-0.3, -0.25) is 9.89 Å². The number of hydrogen-bond donors (Lipinski definition) is 2. The lowest BCUT2D eigenvalue weighted by Crippen LogP contribution is -2.40. The van der Waals surface area contributed by atoms with Gasteiger partial charge in [0.1, 0.15) is 0 Å². The molecule has 0 spiro atoms. The second-order valence-electron chi connectivity index (χ2n) is 7.45. The molecule has 1 aromatic carbocycles. The van der Waals surface area contributed by atoms with E-state index in [4.69, 9.17) is 4.74 Å². The maximum atomic E-state index is 5.64. The zero-order valence-electron chi connectivity index (χ0n) is 16.2. The summed E-state index contributed by atoms with van der Waals surface area (Å²) in [6.07, 6.45) is 8.11. The fraction of sp³-hybridized carbons (Fsp3) is 0.667. The number of hydrogen-bond acceptors (Lipinski definition) is 3. The summed E-state index contributed by atoms with van der Waals surface area (Å²) < 4.78 is 5.64. The van der Waals surface area contributed by atoms with Crippen LogP contribution in [0.1, 0.15) is 49.7 Å². The van der Waals surface area contributed by atoms with Gasteiger partial charge in [0.05, 0.1) is 6.10 Å². The van der Waals surface area contributed by atoms with Gasteiger partial charge in [0.25, 0.3) is 0 Å². The van der Waals surface area contributed by atoms with Crippen LogP contribution in [0.5, 0.6) is 0 Å². The molecule has 3 rings (SSSR count). The van der Waals surface area contributed by atoms with Crippen LogP contribution in [0.4, 0.5) is 0 Å². The van der Waals surface area contributed by atoms with Crippen LogP contribution in [-0.2, 0) is 17.8 Å². The Labute approximate surface area is 158 Å². The number of likely N-dealkylation sites (tertiary alicyclic amines) is 1. The van der Waals surface area contributed by atoms with Gasteiger partial charge in [-0.05, 0) is 49.9 Å². The van der Waals surface area contributed by atoms with Gasteiger partial charge < -0.3 is 15.4 Å². The van der Waals surface area contributed by atoms with Crippen molar-refractivity contribution >= 4 is 5.96 Å².